The largest absolute Gasteiger partial charge is 0.360 e. The maximum atomic E-state index is 13.6. The second-order valence-electron chi connectivity index (χ2n) is 6.98. The summed E-state index contributed by atoms with van der Waals surface area (Å²) in [5, 5.41) is 0. The summed E-state index contributed by atoms with van der Waals surface area (Å²) in [4.78, 5) is 1.05. The third kappa shape index (κ3) is 5.08. The summed E-state index contributed by atoms with van der Waals surface area (Å²) in [6.45, 7) is 5.92. The van der Waals surface area contributed by atoms with Gasteiger partial charge in [-0.15, -0.1) is 3.71 Å². The summed E-state index contributed by atoms with van der Waals surface area (Å²) in [5.41, 5.74) is 3.99. The molecule has 3 aromatic rings. The van der Waals surface area contributed by atoms with Crippen molar-refractivity contribution >= 4 is 22.0 Å². The molecule has 0 aliphatic rings. The molecule has 0 bridgehead atoms. The van der Waals surface area contributed by atoms with Crippen molar-refractivity contribution in [3.05, 3.63) is 95.1 Å². The van der Waals surface area contributed by atoms with E-state index in [1.54, 1.807) is 24.3 Å². The number of rotatable bonds is 7. The minimum atomic E-state index is -3.82. The first kappa shape index (κ1) is 21.6. The highest BCUT2D eigenvalue weighted by atomic mass is 32.3. The molecule has 4 nitrogen and oxygen atoms in total. The zero-order chi connectivity index (χ0) is 21.0. The van der Waals surface area contributed by atoms with Crippen LogP contribution in [0, 0.1) is 20.8 Å². The predicted molar refractivity (Wildman–Crippen MR) is 118 cm³/mol. The molecule has 1 unspecified atom stereocenters. The van der Waals surface area contributed by atoms with Crippen LogP contribution in [0.1, 0.15) is 28.5 Å². The van der Waals surface area contributed by atoms with Crippen LogP contribution < -0.4 is 0 Å². The maximum Gasteiger partial charge on any atom is 0.255 e. The van der Waals surface area contributed by atoms with Gasteiger partial charge < -0.3 is 4.74 Å². The first-order valence-corrected chi connectivity index (χ1v) is 11.5. The lowest BCUT2D eigenvalue weighted by Crippen LogP contribution is -2.30. The molecule has 0 radical (unpaired) electrons. The van der Waals surface area contributed by atoms with Crippen LogP contribution in [0.25, 0.3) is 0 Å². The standard InChI is InChI=1S/C23H25NO3S2/c1-17-5-11-20(12-6-17)23(27-4)24(28-21-13-7-18(2)8-14-21)29(25,26)22-15-9-19(3)10-16-22/h5-16,23H,1-4H3. The summed E-state index contributed by atoms with van der Waals surface area (Å²) >= 11 is 1.16. The van der Waals surface area contributed by atoms with Crippen molar-refractivity contribution in [3.8, 4) is 0 Å². The van der Waals surface area contributed by atoms with E-state index in [9.17, 15) is 8.42 Å². The average Bonchev–Trinajstić information content (AvgIpc) is 2.71. The van der Waals surface area contributed by atoms with Crippen LogP contribution in [0.4, 0.5) is 0 Å². The fourth-order valence-corrected chi connectivity index (χ4v) is 5.64. The van der Waals surface area contributed by atoms with Crippen LogP contribution in [-0.4, -0.2) is 19.2 Å². The monoisotopic (exact) mass is 427 g/mol. The molecule has 6 heteroatoms. The van der Waals surface area contributed by atoms with Gasteiger partial charge in [0.15, 0.2) is 6.23 Å². The van der Waals surface area contributed by atoms with E-state index in [4.69, 9.17) is 4.74 Å². The molecule has 1 atom stereocenters. The Hall–Kier alpha value is -2.12. The minimum absolute atomic E-state index is 0.233. The smallest absolute Gasteiger partial charge is 0.255 e. The number of aryl methyl sites for hydroxylation is 3. The van der Waals surface area contributed by atoms with Crippen molar-refractivity contribution in [1.29, 1.82) is 0 Å². The van der Waals surface area contributed by atoms with E-state index in [0.29, 0.717) is 0 Å². The molecule has 29 heavy (non-hydrogen) atoms. The molecule has 0 N–H and O–H groups in total. The Morgan fingerprint density at radius 2 is 1.21 bits per heavy atom. The van der Waals surface area contributed by atoms with E-state index in [-0.39, 0.29) is 4.90 Å². The summed E-state index contributed by atoms with van der Waals surface area (Å²) in [6, 6.07) is 22.3. The van der Waals surface area contributed by atoms with Crippen molar-refractivity contribution in [1.82, 2.24) is 3.71 Å². The van der Waals surface area contributed by atoms with Crippen LogP contribution in [0.3, 0.4) is 0 Å². The minimum Gasteiger partial charge on any atom is -0.360 e. The Labute approximate surface area is 177 Å². The van der Waals surface area contributed by atoms with Crippen LogP contribution in [-0.2, 0) is 14.8 Å². The van der Waals surface area contributed by atoms with Gasteiger partial charge in [-0.1, -0.05) is 65.2 Å². The average molecular weight is 428 g/mol. The summed E-state index contributed by atoms with van der Waals surface area (Å²) in [5.74, 6) is 0. The molecule has 0 aliphatic carbocycles. The Bertz CT molecular complexity index is 1040. The summed E-state index contributed by atoms with van der Waals surface area (Å²) < 4.78 is 34.2. The predicted octanol–water partition coefficient (Wildman–Crippen LogP) is 5.66. The number of hydrogen-bond acceptors (Lipinski definition) is 4. The lowest BCUT2D eigenvalue weighted by atomic mass is 10.1. The quantitative estimate of drug-likeness (QED) is 0.361. The Morgan fingerprint density at radius 3 is 1.69 bits per heavy atom. The van der Waals surface area contributed by atoms with E-state index in [1.165, 1.54) is 10.8 Å². The van der Waals surface area contributed by atoms with E-state index >= 15 is 0 Å². The van der Waals surface area contributed by atoms with Crippen LogP contribution in [0.2, 0.25) is 0 Å². The van der Waals surface area contributed by atoms with Gasteiger partial charge in [0.05, 0.1) is 4.90 Å². The molecular weight excluding hydrogens is 402 g/mol. The molecule has 0 aromatic heterocycles. The molecule has 0 saturated carbocycles. The van der Waals surface area contributed by atoms with Crippen molar-refractivity contribution in [2.24, 2.45) is 0 Å². The number of nitrogens with zero attached hydrogens (tertiary/aromatic N) is 1. The topological polar surface area (TPSA) is 46.6 Å². The van der Waals surface area contributed by atoms with Gasteiger partial charge in [0, 0.05) is 12.0 Å². The van der Waals surface area contributed by atoms with Gasteiger partial charge in [0.1, 0.15) is 0 Å². The number of sulfonamides is 1. The van der Waals surface area contributed by atoms with Crippen LogP contribution in [0.5, 0.6) is 0 Å². The highest BCUT2D eigenvalue weighted by Crippen LogP contribution is 2.38. The van der Waals surface area contributed by atoms with Gasteiger partial charge in [0.25, 0.3) is 10.0 Å². The first-order chi connectivity index (χ1) is 13.8. The molecule has 0 saturated heterocycles. The molecule has 0 spiro atoms. The van der Waals surface area contributed by atoms with E-state index in [1.807, 2.05) is 69.3 Å². The van der Waals surface area contributed by atoms with E-state index < -0.39 is 16.3 Å². The molecule has 0 fully saturated rings. The molecule has 3 aromatic carbocycles. The second-order valence-corrected chi connectivity index (χ2v) is 10.1. The van der Waals surface area contributed by atoms with Crippen molar-refractivity contribution in [3.63, 3.8) is 0 Å². The summed E-state index contributed by atoms with van der Waals surface area (Å²) in [7, 11) is -2.30. The Balaban J connectivity index is 2.07. The number of hydrogen-bond donors (Lipinski definition) is 0. The fraction of sp³-hybridized carbons (Fsp3) is 0.217. The van der Waals surface area contributed by atoms with Gasteiger partial charge in [-0.2, -0.15) is 0 Å². The molecule has 0 heterocycles. The summed E-state index contributed by atoms with van der Waals surface area (Å²) in [6.07, 6.45) is -0.770. The van der Waals surface area contributed by atoms with Crippen molar-refractivity contribution in [2.45, 2.75) is 36.8 Å². The number of benzene rings is 3. The van der Waals surface area contributed by atoms with Crippen molar-refractivity contribution in [2.75, 3.05) is 7.11 Å². The number of methoxy groups -OCH3 is 1. The van der Waals surface area contributed by atoms with Crippen LogP contribution in [0.15, 0.2) is 82.6 Å². The van der Waals surface area contributed by atoms with Gasteiger partial charge in [0.2, 0.25) is 0 Å². The maximum absolute atomic E-state index is 13.6. The first-order valence-electron chi connectivity index (χ1n) is 9.26. The fourth-order valence-electron chi connectivity index (χ4n) is 2.82. The highest BCUT2D eigenvalue weighted by Gasteiger charge is 2.34. The van der Waals surface area contributed by atoms with Crippen LogP contribution >= 0.6 is 11.9 Å². The molecule has 0 amide bonds. The lowest BCUT2D eigenvalue weighted by Gasteiger charge is -2.29. The highest BCUT2D eigenvalue weighted by molar-refractivity contribution is 8.08. The third-order valence-corrected chi connectivity index (χ3v) is 7.75. The lowest BCUT2D eigenvalue weighted by molar-refractivity contribution is 0.0545. The SMILES string of the molecule is COC(c1ccc(C)cc1)N(Sc1ccc(C)cc1)S(=O)(=O)c1ccc(C)cc1. The Morgan fingerprint density at radius 1 is 0.759 bits per heavy atom. The third-order valence-electron chi connectivity index (χ3n) is 4.55. The zero-order valence-electron chi connectivity index (χ0n) is 17.0. The molecule has 3 rings (SSSR count). The van der Waals surface area contributed by atoms with E-state index in [2.05, 4.69) is 0 Å². The zero-order valence-corrected chi connectivity index (χ0v) is 18.6. The van der Waals surface area contributed by atoms with Gasteiger partial charge in [-0.25, -0.2) is 8.42 Å². The van der Waals surface area contributed by atoms with Crippen molar-refractivity contribution < 1.29 is 13.2 Å². The normalized spacial score (nSPS) is 12.9. The van der Waals surface area contributed by atoms with E-state index in [0.717, 1.165) is 39.1 Å². The Kier molecular flexibility index (Phi) is 6.80. The second kappa shape index (κ2) is 9.13. The number of ether oxygens (including phenoxy) is 1. The molecule has 152 valence electrons. The molecular formula is C23H25NO3S2. The van der Waals surface area contributed by atoms with Gasteiger partial charge in [-0.05, 0) is 62.5 Å². The molecule has 0 aliphatic heterocycles. The van der Waals surface area contributed by atoms with Gasteiger partial charge >= 0.3 is 0 Å². The van der Waals surface area contributed by atoms with Gasteiger partial charge in [-0.3, -0.25) is 0 Å².